The second kappa shape index (κ2) is 10.7. The normalized spacial score (nSPS) is 10.5. The van der Waals surface area contributed by atoms with Crippen molar-refractivity contribution < 1.29 is 27.7 Å². The quantitative estimate of drug-likeness (QED) is 0.206. The number of hydrogen-bond acceptors (Lipinski definition) is 5. The minimum absolute atomic E-state index is 0.0126. The fourth-order valence-corrected chi connectivity index (χ4v) is 2.95. The van der Waals surface area contributed by atoms with E-state index in [4.69, 9.17) is 27.3 Å². The third kappa shape index (κ3) is 7.72. The summed E-state index contributed by atoms with van der Waals surface area (Å²) in [5, 5.41) is 20.0. The lowest BCUT2D eigenvalue weighted by atomic mass is 9.95. The van der Waals surface area contributed by atoms with Crippen LogP contribution in [0.2, 0.25) is 5.02 Å². The highest BCUT2D eigenvalue weighted by Crippen LogP contribution is 2.30. The number of amides is 1. The standard InChI is InChI=1S/C21H16ClN3O3.CH4O3S/c22-13-7-10-16(18(11-13)21(27)28)15-3-1-2-4-17(15)20(26)25-14-8-5-12(6-9-14)19(23)24;1-5(2,3)4/h1-11H,(H3,23,24)(H,25,26)(H,27,28);1H3,(H,2,3,4). The number of nitrogens with two attached hydrogens (primary N) is 1. The molecule has 3 aromatic rings. The van der Waals surface area contributed by atoms with E-state index in [0.29, 0.717) is 39.2 Å². The number of halogens is 1. The molecule has 3 rings (SSSR count). The molecule has 9 nitrogen and oxygen atoms in total. The molecule has 11 heteroatoms. The first-order valence-corrected chi connectivity index (χ1v) is 11.4. The molecule has 0 bridgehead atoms. The number of nitrogens with one attached hydrogen (secondary N) is 2. The number of amidine groups is 1. The van der Waals surface area contributed by atoms with Crippen molar-refractivity contribution in [3.63, 3.8) is 0 Å². The van der Waals surface area contributed by atoms with Gasteiger partial charge in [0, 0.05) is 21.8 Å². The zero-order valence-electron chi connectivity index (χ0n) is 17.2. The maximum atomic E-state index is 12.8. The Morgan fingerprint density at radius 1 is 0.970 bits per heavy atom. The van der Waals surface area contributed by atoms with E-state index in [0.717, 1.165) is 0 Å². The van der Waals surface area contributed by atoms with Crippen LogP contribution in [0.3, 0.4) is 0 Å². The van der Waals surface area contributed by atoms with E-state index in [1.54, 1.807) is 60.7 Å². The molecular weight excluding hydrogens is 470 g/mol. The molecule has 0 heterocycles. The average molecular weight is 490 g/mol. The van der Waals surface area contributed by atoms with Crippen LogP contribution < -0.4 is 11.1 Å². The van der Waals surface area contributed by atoms with Gasteiger partial charge in [-0.05, 0) is 53.6 Å². The summed E-state index contributed by atoms with van der Waals surface area (Å²) in [4.78, 5) is 24.4. The molecule has 3 aromatic carbocycles. The van der Waals surface area contributed by atoms with Crippen molar-refractivity contribution in [2.24, 2.45) is 5.73 Å². The SMILES string of the molecule is CS(=O)(=O)O.N=C(N)c1ccc(NC(=O)c2ccccc2-c2ccc(Cl)cc2C(=O)O)cc1. The van der Waals surface area contributed by atoms with Crippen LogP contribution >= 0.6 is 11.6 Å². The lowest BCUT2D eigenvalue weighted by Gasteiger charge is -2.13. The van der Waals surface area contributed by atoms with Crippen molar-refractivity contribution in [3.8, 4) is 11.1 Å². The minimum atomic E-state index is -3.67. The predicted octanol–water partition coefficient (Wildman–Crippen LogP) is 3.75. The van der Waals surface area contributed by atoms with E-state index in [2.05, 4.69) is 5.32 Å². The number of anilines is 1. The van der Waals surface area contributed by atoms with Gasteiger partial charge in [0.25, 0.3) is 16.0 Å². The van der Waals surface area contributed by atoms with Crippen LogP contribution in [0.15, 0.2) is 66.7 Å². The zero-order valence-corrected chi connectivity index (χ0v) is 18.8. The third-order valence-corrected chi connectivity index (χ3v) is 4.36. The summed E-state index contributed by atoms with van der Waals surface area (Å²) in [6, 6.07) is 17.8. The van der Waals surface area contributed by atoms with Crippen LogP contribution in [0.4, 0.5) is 5.69 Å². The van der Waals surface area contributed by atoms with Gasteiger partial charge in [0.1, 0.15) is 5.84 Å². The lowest BCUT2D eigenvalue weighted by molar-refractivity contribution is 0.0697. The van der Waals surface area contributed by atoms with E-state index < -0.39 is 22.0 Å². The van der Waals surface area contributed by atoms with Crippen molar-refractivity contribution in [1.82, 2.24) is 0 Å². The van der Waals surface area contributed by atoms with Gasteiger partial charge in [0.2, 0.25) is 0 Å². The number of aromatic carboxylic acids is 1. The van der Waals surface area contributed by atoms with Gasteiger partial charge in [-0.15, -0.1) is 0 Å². The molecule has 0 aliphatic rings. The Labute approximate surface area is 195 Å². The summed E-state index contributed by atoms with van der Waals surface area (Å²) in [7, 11) is -3.67. The third-order valence-electron chi connectivity index (χ3n) is 4.13. The molecule has 1 amide bonds. The second-order valence-corrected chi connectivity index (χ2v) is 8.62. The molecule has 33 heavy (non-hydrogen) atoms. The Hall–Kier alpha value is -3.73. The summed E-state index contributed by atoms with van der Waals surface area (Å²) >= 11 is 5.93. The highest BCUT2D eigenvalue weighted by molar-refractivity contribution is 7.85. The number of nitrogen functional groups attached to an aromatic ring is 1. The first kappa shape index (κ1) is 25.5. The van der Waals surface area contributed by atoms with Gasteiger partial charge in [-0.2, -0.15) is 8.42 Å². The van der Waals surface area contributed by atoms with Crippen molar-refractivity contribution in [2.75, 3.05) is 11.6 Å². The average Bonchev–Trinajstić information content (AvgIpc) is 2.73. The fraction of sp³-hybridized carbons (Fsp3) is 0.0455. The van der Waals surface area contributed by atoms with Crippen LogP contribution in [0.25, 0.3) is 11.1 Å². The fourth-order valence-electron chi connectivity index (χ4n) is 2.78. The van der Waals surface area contributed by atoms with Gasteiger partial charge in [-0.25, -0.2) is 4.79 Å². The van der Waals surface area contributed by atoms with E-state index in [1.165, 1.54) is 6.07 Å². The highest BCUT2D eigenvalue weighted by Gasteiger charge is 2.18. The summed E-state index contributed by atoms with van der Waals surface area (Å²) in [6.45, 7) is 0. The summed E-state index contributed by atoms with van der Waals surface area (Å²) in [5.74, 6) is -1.59. The first-order valence-electron chi connectivity index (χ1n) is 9.17. The second-order valence-electron chi connectivity index (χ2n) is 6.72. The van der Waals surface area contributed by atoms with Crippen molar-refractivity contribution in [1.29, 1.82) is 5.41 Å². The number of carboxylic acids is 1. The Kier molecular flexibility index (Phi) is 8.30. The summed E-state index contributed by atoms with van der Waals surface area (Å²) in [6.07, 6.45) is 0.715. The Bertz CT molecular complexity index is 1300. The molecule has 0 saturated heterocycles. The smallest absolute Gasteiger partial charge is 0.336 e. The van der Waals surface area contributed by atoms with Gasteiger partial charge in [-0.3, -0.25) is 14.8 Å². The van der Waals surface area contributed by atoms with Gasteiger partial charge in [-0.1, -0.05) is 35.9 Å². The number of carbonyl (C=O) groups is 2. The highest BCUT2D eigenvalue weighted by atomic mass is 35.5. The largest absolute Gasteiger partial charge is 0.478 e. The number of carbonyl (C=O) groups excluding carboxylic acids is 1. The molecule has 0 aliphatic heterocycles. The van der Waals surface area contributed by atoms with E-state index in [-0.39, 0.29) is 11.4 Å². The lowest BCUT2D eigenvalue weighted by Crippen LogP contribution is -2.14. The number of rotatable bonds is 5. The molecule has 0 saturated carbocycles. The Morgan fingerprint density at radius 3 is 2.06 bits per heavy atom. The predicted molar refractivity (Wildman–Crippen MR) is 127 cm³/mol. The summed E-state index contributed by atoms with van der Waals surface area (Å²) < 4.78 is 25.9. The van der Waals surface area contributed by atoms with Gasteiger partial charge >= 0.3 is 5.97 Å². The van der Waals surface area contributed by atoms with Crippen molar-refractivity contribution >= 4 is 45.1 Å². The Balaban J connectivity index is 0.000000696. The van der Waals surface area contributed by atoms with Crippen LogP contribution in [0.5, 0.6) is 0 Å². The number of hydrogen-bond donors (Lipinski definition) is 5. The monoisotopic (exact) mass is 489 g/mol. The molecule has 6 N–H and O–H groups in total. The van der Waals surface area contributed by atoms with Gasteiger partial charge in [0.15, 0.2) is 0 Å². The number of benzene rings is 3. The van der Waals surface area contributed by atoms with E-state index >= 15 is 0 Å². The van der Waals surface area contributed by atoms with Crippen LogP contribution in [0.1, 0.15) is 26.3 Å². The molecular formula is C22H20ClN3O6S. The van der Waals surface area contributed by atoms with Gasteiger partial charge in [0.05, 0.1) is 11.8 Å². The maximum Gasteiger partial charge on any atom is 0.336 e. The summed E-state index contributed by atoms with van der Waals surface area (Å²) in [5.41, 5.74) is 7.72. The minimum Gasteiger partial charge on any atom is -0.478 e. The maximum absolute atomic E-state index is 12.8. The van der Waals surface area contributed by atoms with Crippen LogP contribution in [0, 0.1) is 5.41 Å². The number of carboxylic acid groups (broad SMARTS) is 1. The first-order chi connectivity index (χ1) is 15.4. The van der Waals surface area contributed by atoms with Gasteiger partial charge < -0.3 is 16.2 Å². The van der Waals surface area contributed by atoms with Crippen LogP contribution in [-0.4, -0.2) is 42.0 Å². The molecule has 0 unspecified atom stereocenters. The molecule has 0 aromatic heterocycles. The Morgan fingerprint density at radius 2 is 1.52 bits per heavy atom. The van der Waals surface area contributed by atoms with Crippen molar-refractivity contribution in [2.45, 2.75) is 0 Å². The molecule has 0 spiro atoms. The van der Waals surface area contributed by atoms with Crippen molar-refractivity contribution in [3.05, 3.63) is 88.4 Å². The molecule has 172 valence electrons. The molecule has 0 fully saturated rings. The molecule has 0 radical (unpaired) electrons. The molecule has 0 atom stereocenters. The van der Waals surface area contributed by atoms with E-state index in [1.807, 2.05) is 0 Å². The zero-order chi connectivity index (χ0) is 24.8. The van der Waals surface area contributed by atoms with E-state index in [9.17, 15) is 23.1 Å². The molecule has 0 aliphatic carbocycles. The van der Waals surface area contributed by atoms with Crippen LogP contribution in [-0.2, 0) is 10.1 Å². The topological polar surface area (TPSA) is 171 Å².